The van der Waals surface area contributed by atoms with Crippen LogP contribution in [0.15, 0.2) is 84.2 Å². The molecule has 4 aromatic heterocycles. The topological polar surface area (TPSA) is 139 Å². The molecule has 4 heterocycles. The predicted octanol–water partition coefficient (Wildman–Crippen LogP) is 4.28. The van der Waals surface area contributed by atoms with Crippen LogP contribution in [0, 0.1) is 6.92 Å². The molecule has 1 atom stereocenters. The molecule has 0 fully saturated rings. The molecule has 202 valence electrons. The van der Waals surface area contributed by atoms with E-state index in [1.807, 2.05) is 68.6 Å². The smallest absolute Gasteiger partial charge is 0.282 e. The predicted molar refractivity (Wildman–Crippen MR) is 155 cm³/mol. The summed E-state index contributed by atoms with van der Waals surface area (Å²) in [6.07, 6.45) is 6.19. The van der Waals surface area contributed by atoms with Gasteiger partial charge < -0.3 is 10.3 Å². The summed E-state index contributed by atoms with van der Waals surface area (Å²) in [5.41, 5.74) is 4.70. The largest absolute Gasteiger partial charge is 0.360 e. The van der Waals surface area contributed by atoms with Gasteiger partial charge in [-0.3, -0.25) is 14.1 Å². The number of aromatic nitrogens is 6. The number of nitrogens with one attached hydrogen (secondary N) is 3. The van der Waals surface area contributed by atoms with Gasteiger partial charge in [0.2, 0.25) is 10.0 Å². The number of hydrogen-bond donors (Lipinski definition) is 3. The maximum absolute atomic E-state index is 13.7. The van der Waals surface area contributed by atoms with Gasteiger partial charge in [0.25, 0.3) is 5.56 Å². The van der Waals surface area contributed by atoms with Crippen molar-refractivity contribution in [2.75, 3.05) is 16.3 Å². The van der Waals surface area contributed by atoms with E-state index in [0.29, 0.717) is 34.2 Å². The fourth-order valence-electron chi connectivity index (χ4n) is 4.84. The van der Waals surface area contributed by atoms with Crippen LogP contribution in [0.2, 0.25) is 0 Å². The van der Waals surface area contributed by atoms with Crippen LogP contribution in [-0.4, -0.2) is 43.8 Å². The van der Waals surface area contributed by atoms with Crippen molar-refractivity contribution in [1.29, 1.82) is 0 Å². The van der Waals surface area contributed by atoms with Crippen molar-refractivity contribution in [3.05, 3.63) is 101 Å². The van der Waals surface area contributed by atoms with Crippen LogP contribution in [0.4, 0.5) is 11.5 Å². The number of rotatable bonds is 7. The lowest BCUT2D eigenvalue weighted by Crippen LogP contribution is -2.29. The van der Waals surface area contributed by atoms with E-state index in [0.717, 1.165) is 28.3 Å². The average Bonchev–Trinajstić information content (AvgIpc) is 3.53. The molecule has 0 saturated carbocycles. The monoisotopic (exact) mass is 554 g/mol. The molecule has 6 aromatic rings. The molecule has 11 nitrogen and oxygen atoms in total. The van der Waals surface area contributed by atoms with Gasteiger partial charge in [-0.2, -0.15) is 5.10 Å². The SMILES string of the molecule is Cc1ccn2nc([C@H](C)Nc3ncnc4[nH]cc(-c5ccc(NS(C)(=O)=O)cc5)c34)n(-c3ccccc3)c(=O)c12. The lowest BCUT2D eigenvalue weighted by molar-refractivity contribution is 0.607. The summed E-state index contributed by atoms with van der Waals surface area (Å²) in [7, 11) is -3.38. The van der Waals surface area contributed by atoms with Gasteiger partial charge in [0.15, 0.2) is 5.82 Å². The van der Waals surface area contributed by atoms with Crippen molar-refractivity contribution in [2.45, 2.75) is 19.9 Å². The molecule has 12 heteroatoms. The first-order valence-electron chi connectivity index (χ1n) is 12.5. The zero-order valence-electron chi connectivity index (χ0n) is 22.0. The third-order valence-corrected chi connectivity index (χ3v) is 7.24. The number of para-hydroxylation sites is 1. The van der Waals surface area contributed by atoms with Crippen LogP contribution in [0.5, 0.6) is 0 Å². The number of nitrogens with zero attached hydrogens (tertiary/aromatic N) is 5. The molecule has 0 aliphatic heterocycles. The maximum atomic E-state index is 13.7. The number of hydrogen-bond acceptors (Lipinski definition) is 7. The molecule has 0 saturated heterocycles. The minimum Gasteiger partial charge on any atom is -0.360 e. The molecule has 0 amide bonds. The highest BCUT2D eigenvalue weighted by atomic mass is 32.2. The number of fused-ring (bicyclic) bond motifs is 2. The Morgan fingerprint density at radius 1 is 1.00 bits per heavy atom. The lowest BCUT2D eigenvalue weighted by Gasteiger charge is -2.20. The first-order chi connectivity index (χ1) is 19.2. The lowest BCUT2D eigenvalue weighted by atomic mass is 10.1. The first kappa shape index (κ1) is 25.3. The third-order valence-electron chi connectivity index (χ3n) is 6.64. The summed E-state index contributed by atoms with van der Waals surface area (Å²) in [5.74, 6) is 1.07. The van der Waals surface area contributed by atoms with Crippen molar-refractivity contribution in [1.82, 2.24) is 29.1 Å². The van der Waals surface area contributed by atoms with Crippen LogP contribution in [-0.2, 0) is 10.0 Å². The molecule has 0 radical (unpaired) electrons. The highest BCUT2D eigenvalue weighted by Crippen LogP contribution is 2.34. The van der Waals surface area contributed by atoms with Gasteiger partial charge in [-0.25, -0.2) is 22.9 Å². The molecule has 40 heavy (non-hydrogen) atoms. The van der Waals surface area contributed by atoms with E-state index in [2.05, 4.69) is 25.0 Å². The number of aromatic amines is 1. The van der Waals surface area contributed by atoms with Gasteiger partial charge in [0, 0.05) is 23.6 Å². The molecular formula is C28H26N8O3S. The Balaban J connectivity index is 1.43. The fraction of sp³-hybridized carbons (Fsp3) is 0.143. The van der Waals surface area contributed by atoms with Gasteiger partial charge in [-0.1, -0.05) is 30.3 Å². The number of H-pyrrole nitrogens is 1. The summed E-state index contributed by atoms with van der Waals surface area (Å²) in [5, 5.41) is 9.03. The average molecular weight is 555 g/mol. The van der Waals surface area contributed by atoms with E-state index in [9.17, 15) is 13.2 Å². The fourth-order valence-corrected chi connectivity index (χ4v) is 5.40. The Kier molecular flexibility index (Phi) is 6.11. The summed E-state index contributed by atoms with van der Waals surface area (Å²) in [6.45, 7) is 3.82. The van der Waals surface area contributed by atoms with Crippen molar-refractivity contribution >= 4 is 38.1 Å². The van der Waals surface area contributed by atoms with E-state index in [-0.39, 0.29) is 5.56 Å². The van der Waals surface area contributed by atoms with E-state index >= 15 is 0 Å². The second kappa shape index (κ2) is 9.65. The Morgan fingerprint density at radius 2 is 1.75 bits per heavy atom. The molecular weight excluding hydrogens is 528 g/mol. The van der Waals surface area contributed by atoms with Crippen LogP contribution in [0.1, 0.15) is 24.4 Å². The molecule has 2 aromatic carbocycles. The van der Waals surface area contributed by atoms with Crippen LogP contribution in [0.3, 0.4) is 0 Å². The number of sulfonamides is 1. The highest BCUT2D eigenvalue weighted by Gasteiger charge is 2.22. The van der Waals surface area contributed by atoms with Crippen molar-refractivity contribution in [3.63, 3.8) is 0 Å². The van der Waals surface area contributed by atoms with Crippen molar-refractivity contribution < 1.29 is 8.42 Å². The Hall–Kier alpha value is -4.97. The van der Waals surface area contributed by atoms with Gasteiger partial charge in [-0.15, -0.1) is 0 Å². The molecule has 0 bridgehead atoms. The summed E-state index contributed by atoms with van der Waals surface area (Å²) in [6, 6.07) is 17.9. The zero-order valence-corrected chi connectivity index (χ0v) is 22.8. The Morgan fingerprint density at radius 3 is 2.48 bits per heavy atom. The minimum atomic E-state index is -3.38. The van der Waals surface area contributed by atoms with E-state index < -0.39 is 16.1 Å². The second-order valence-corrected chi connectivity index (χ2v) is 11.3. The van der Waals surface area contributed by atoms with Crippen LogP contribution < -0.4 is 15.6 Å². The van der Waals surface area contributed by atoms with E-state index in [4.69, 9.17) is 5.10 Å². The molecule has 3 N–H and O–H groups in total. The highest BCUT2D eigenvalue weighted by molar-refractivity contribution is 7.92. The number of benzene rings is 2. The number of aryl methyl sites for hydroxylation is 1. The maximum Gasteiger partial charge on any atom is 0.282 e. The third kappa shape index (κ3) is 4.58. The normalized spacial score (nSPS) is 12.6. The van der Waals surface area contributed by atoms with Crippen molar-refractivity contribution in [2.24, 2.45) is 0 Å². The summed E-state index contributed by atoms with van der Waals surface area (Å²) in [4.78, 5) is 25.8. The van der Waals surface area contributed by atoms with Gasteiger partial charge in [0.05, 0.1) is 23.4 Å². The van der Waals surface area contributed by atoms with Gasteiger partial charge in [0.1, 0.15) is 23.3 Å². The molecule has 0 aliphatic rings. The standard InChI is InChI=1S/C28H26N8O3S/c1-17-13-14-35-24(17)28(37)36(21-7-5-4-6-8-21)27(33-35)18(2)32-26-23-22(15-29-25(23)30-16-31-26)19-9-11-20(12-10-19)34-40(3,38)39/h4-16,18,34H,1-3H3,(H2,29,30,31,32)/t18-/m0/s1. The van der Waals surface area contributed by atoms with Crippen LogP contribution >= 0.6 is 0 Å². The Labute approximate surface area is 229 Å². The van der Waals surface area contributed by atoms with Crippen LogP contribution in [0.25, 0.3) is 33.4 Å². The molecule has 0 aliphatic carbocycles. The zero-order chi connectivity index (χ0) is 28.0. The second-order valence-electron chi connectivity index (χ2n) is 9.59. The summed E-state index contributed by atoms with van der Waals surface area (Å²) >= 11 is 0. The van der Waals surface area contributed by atoms with Gasteiger partial charge >= 0.3 is 0 Å². The minimum absolute atomic E-state index is 0.162. The van der Waals surface area contributed by atoms with E-state index in [1.165, 1.54) is 6.33 Å². The summed E-state index contributed by atoms with van der Waals surface area (Å²) < 4.78 is 28.9. The Bertz CT molecular complexity index is 2030. The van der Waals surface area contributed by atoms with Gasteiger partial charge in [-0.05, 0) is 55.3 Å². The number of anilines is 2. The molecule has 0 spiro atoms. The van der Waals surface area contributed by atoms with E-state index in [1.54, 1.807) is 27.4 Å². The molecule has 0 unspecified atom stereocenters. The quantitative estimate of drug-likeness (QED) is 0.268. The van der Waals surface area contributed by atoms with Crippen molar-refractivity contribution in [3.8, 4) is 16.8 Å². The molecule has 6 rings (SSSR count). The first-order valence-corrected chi connectivity index (χ1v) is 14.4.